The van der Waals surface area contributed by atoms with Gasteiger partial charge in [0.2, 0.25) is 0 Å². The molecule has 0 fully saturated rings. The van der Waals surface area contributed by atoms with E-state index in [0.29, 0.717) is 19.3 Å². The Balaban J connectivity index is 4.92. The first-order chi connectivity index (χ1) is 28.9. The second kappa shape index (κ2) is 44.5. The first kappa shape index (κ1) is 57.5. The molecule has 2 N–H and O–H groups in total. The summed E-state index contributed by atoms with van der Waals surface area (Å²) in [5.74, 6) is -1.74. The van der Waals surface area contributed by atoms with E-state index in [1.165, 1.54) is 154 Å². The molecule has 348 valence electrons. The molecule has 0 radical (unpaired) electrons. The van der Waals surface area contributed by atoms with Crippen molar-refractivity contribution in [3.63, 3.8) is 0 Å². The van der Waals surface area contributed by atoms with Crippen LogP contribution in [0.15, 0.2) is 12.2 Å². The van der Waals surface area contributed by atoms with Crippen molar-refractivity contribution >= 4 is 17.5 Å². The third kappa shape index (κ3) is 33.7. The molecule has 59 heavy (non-hydrogen) atoms. The van der Waals surface area contributed by atoms with E-state index < -0.39 is 35.8 Å². The van der Waals surface area contributed by atoms with E-state index in [1.807, 2.05) is 0 Å². The average molecular weight is 833 g/mol. The summed E-state index contributed by atoms with van der Waals surface area (Å²) >= 11 is 0. The number of carbonyl (C=O) groups is 3. The van der Waals surface area contributed by atoms with Crippen molar-refractivity contribution in [1.29, 1.82) is 0 Å². The lowest BCUT2D eigenvalue weighted by atomic mass is 9.82. The highest BCUT2D eigenvalue weighted by molar-refractivity contribution is 6.12. The van der Waals surface area contributed by atoms with E-state index in [9.17, 15) is 24.6 Å². The Morgan fingerprint density at radius 3 is 0.949 bits per heavy atom. The molecule has 0 aromatic rings. The van der Waals surface area contributed by atoms with Crippen LogP contribution in [0, 0.1) is 0 Å². The van der Waals surface area contributed by atoms with Crippen LogP contribution in [-0.4, -0.2) is 46.1 Å². The fraction of sp³-hybridized carbons (Fsp3) is 0.906. The molecule has 6 heteroatoms. The molecule has 0 aliphatic carbocycles. The summed E-state index contributed by atoms with van der Waals surface area (Å²) < 4.78 is 5.80. The topological polar surface area (TPSA) is 101 Å². The van der Waals surface area contributed by atoms with Gasteiger partial charge < -0.3 is 14.9 Å². The molecule has 0 bridgehead atoms. The van der Waals surface area contributed by atoms with Crippen LogP contribution in [-0.2, 0) is 19.1 Å². The number of hydrogen-bond acceptors (Lipinski definition) is 6. The number of allylic oxidation sites excluding steroid dienone is 2. The van der Waals surface area contributed by atoms with Crippen LogP contribution in [0.2, 0.25) is 0 Å². The lowest BCUT2D eigenvalue weighted by molar-refractivity contribution is -0.188. The Bertz CT molecular complexity index is 962. The van der Waals surface area contributed by atoms with Crippen molar-refractivity contribution in [2.75, 3.05) is 6.61 Å². The maximum atomic E-state index is 13.9. The van der Waals surface area contributed by atoms with Crippen molar-refractivity contribution in [1.82, 2.24) is 0 Å². The Kier molecular flexibility index (Phi) is 43.4. The van der Waals surface area contributed by atoms with Gasteiger partial charge in [-0.3, -0.25) is 14.4 Å². The van der Waals surface area contributed by atoms with Crippen LogP contribution in [0.1, 0.15) is 290 Å². The van der Waals surface area contributed by atoms with Gasteiger partial charge in [-0.15, -0.1) is 0 Å². The summed E-state index contributed by atoms with van der Waals surface area (Å²) in [5, 5.41) is 21.2. The van der Waals surface area contributed by atoms with E-state index in [2.05, 4.69) is 32.9 Å². The van der Waals surface area contributed by atoms with Gasteiger partial charge in [0.1, 0.15) is 6.10 Å². The Morgan fingerprint density at radius 2 is 0.661 bits per heavy atom. The summed E-state index contributed by atoms with van der Waals surface area (Å²) in [5.41, 5.74) is -2.32. The fourth-order valence-corrected chi connectivity index (χ4v) is 8.39. The maximum absolute atomic E-state index is 13.9. The number of unbranched alkanes of at least 4 members (excludes halogenated alkanes) is 35. The number of Topliss-reactive ketones (excluding diaryl/α,β-unsaturated/α-hetero) is 2. The largest absolute Gasteiger partial charge is 0.440 e. The highest BCUT2D eigenvalue weighted by Gasteiger charge is 2.53. The predicted molar refractivity (Wildman–Crippen MR) is 252 cm³/mol. The van der Waals surface area contributed by atoms with Gasteiger partial charge in [0.15, 0.2) is 11.6 Å². The number of aliphatic hydroxyl groups is 2. The number of carbonyl (C=O) groups excluding carboxylic acids is 3. The molecule has 0 aromatic heterocycles. The SMILES string of the molecule is CCCCCCCC/C=C\CCCCCCCC(=O)C(OC(=O)CCCCCCCCCCCCCCC)(C(=O)CCCCCCCCCCCCCCC)C(O)CO. The van der Waals surface area contributed by atoms with Crippen molar-refractivity contribution in [3.05, 3.63) is 12.2 Å². The van der Waals surface area contributed by atoms with Gasteiger partial charge in [-0.1, -0.05) is 238 Å². The Labute approximate surface area is 366 Å². The highest BCUT2D eigenvalue weighted by Crippen LogP contribution is 2.28. The standard InChI is InChI=1S/C53H100O6/c1-4-7-10-13-16-19-22-25-26-29-31-34-37-40-43-46-50(56)53(51(57)48-54,49(55)45-42-39-36-33-30-27-23-20-17-14-11-8-5-2)59-52(58)47-44-41-38-35-32-28-24-21-18-15-12-9-6-3/h25-26,51,54,57H,4-24,27-48H2,1-3H3/b26-25-. The Morgan fingerprint density at radius 1 is 0.407 bits per heavy atom. The third-order valence-corrected chi connectivity index (χ3v) is 12.4. The van der Waals surface area contributed by atoms with Gasteiger partial charge in [-0.25, -0.2) is 0 Å². The highest BCUT2D eigenvalue weighted by atomic mass is 16.6. The van der Waals surface area contributed by atoms with Crippen LogP contribution in [0.5, 0.6) is 0 Å². The maximum Gasteiger partial charge on any atom is 0.307 e. The molecule has 0 heterocycles. The number of ketones is 2. The zero-order valence-electron chi connectivity index (χ0n) is 39.7. The summed E-state index contributed by atoms with van der Waals surface area (Å²) in [4.78, 5) is 41.1. The minimum absolute atomic E-state index is 0.0472. The first-order valence-electron chi connectivity index (χ1n) is 26.1. The van der Waals surface area contributed by atoms with Gasteiger partial charge in [0.25, 0.3) is 5.60 Å². The quantitative estimate of drug-likeness (QED) is 0.0274. The summed E-state index contributed by atoms with van der Waals surface area (Å²) in [7, 11) is 0. The molecular weight excluding hydrogens is 733 g/mol. The molecular formula is C53H100O6. The number of esters is 1. The molecule has 6 nitrogen and oxygen atoms in total. The molecule has 0 aliphatic rings. The van der Waals surface area contributed by atoms with Crippen LogP contribution in [0.25, 0.3) is 0 Å². The van der Waals surface area contributed by atoms with E-state index in [1.54, 1.807) is 0 Å². The smallest absolute Gasteiger partial charge is 0.307 e. The lowest BCUT2D eigenvalue weighted by Gasteiger charge is -2.34. The third-order valence-electron chi connectivity index (χ3n) is 12.4. The summed E-state index contributed by atoms with van der Waals surface area (Å²) in [6.45, 7) is 5.95. The van der Waals surface area contributed by atoms with Crippen molar-refractivity contribution in [3.8, 4) is 0 Å². The zero-order valence-corrected chi connectivity index (χ0v) is 39.7. The van der Waals surface area contributed by atoms with Crippen LogP contribution in [0.4, 0.5) is 0 Å². The van der Waals surface area contributed by atoms with E-state index in [4.69, 9.17) is 4.74 Å². The normalized spacial score (nSPS) is 13.2. The summed E-state index contributed by atoms with van der Waals surface area (Å²) in [6.07, 6.45) is 48.6. The molecule has 0 amide bonds. The van der Waals surface area contributed by atoms with Crippen LogP contribution in [0.3, 0.4) is 0 Å². The molecule has 0 rings (SSSR count). The van der Waals surface area contributed by atoms with Crippen molar-refractivity contribution in [2.45, 2.75) is 302 Å². The van der Waals surface area contributed by atoms with E-state index in [0.717, 1.165) is 77.0 Å². The lowest BCUT2D eigenvalue weighted by Crippen LogP contribution is -2.60. The molecule has 0 saturated carbocycles. The van der Waals surface area contributed by atoms with Gasteiger partial charge >= 0.3 is 5.97 Å². The number of rotatable bonds is 48. The monoisotopic (exact) mass is 833 g/mol. The van der Waals surface area contributed by atoms with Gasteiger partial charge in [-0.05, 0) is 44.9 Å². The van der Waals surface area contributed by atoms with Gasteiger partial charge in [0.05, 0.1) is 6.61 Å². The molecule has 2 unspecified atom stereocenters. The van der Waals surface area contributed by atoms with Crippen molar-refractivity contribution in [2.24, 2.45) is 0 Å². The molecule has 0 aromatic carbocycles. The van der Waals surface area contributed by atoms with Crippen molar-refractivity contribution < 1.29 is 29.3 Å². The number of aliphatic hydroxyl groups excluding tert-OH is 2. The summed E-state index contributed by atoms with van der Waals surface area (Å²) in [6, 6.07) is 0. The minimum atomic E-state index is -2.32. The first-order valence-corrected chi connectivity index (χ1v) is 26.1. The number of hydrogen-bond donors (Lipinski definition) is 2. The van der Waals surface area contributed by atoms with Crippen LogP contribution < -0.4 is 0 Å². The second-order valence-corrected chi connectivity index (χ2v) is 18.1. The van der Waals surface area contributed by atoms with E-state index in [-0.39, 0.29) is 19.3 Å². The number of ether oxygens (including phenoxy) is 1. The average Bonchev–Trinajstić information content (AvgIpc) is 3.24. The zero-order chi connectivity index (χ0) is 43.3. The predicted octanol–water partition coefficient (Wildman–Crippen LogP) is 15.8. The Hall–Kier alpha value is -1.53. The molecule has 2 atom stereocenters. The van der Waals surface area contributed by atoms with E-state index >= 15 is 0 Å². The van der Waals surface area contributed by atoms with Crippen LogP contribution >= 0.6 is 0 Å². The molecule has 0 spiro atoms. The van der Waals surface area contributed by atoms with Gasteiger partial charge in [0, 0.05) is 19.3 Å². The molecule has 0 aliphatic heterocycles. The second-order valence-electron chi connectivity index (χ2n) is 18.1. The molecule has 0 saturated heterocycles. The van der Waals surface area contributed by atoms with Gasteiger partial charge in [-0.2, -0.15) is 0 Å². The fourth-order valence-electron chi connectivity index (χ4n) is 8.39. The minimum Gasteiger partial charge on any atom is -0.440 e.